The normalized spacial score (nSPS) is 23.6. The van der Waals surface area contributed by atoms with Gasteiger partial charge >= 0.3 is 12.0 Å². The minimum Gasteiger partial charge on any atom is -0.481 e. The number of nitrogens with one attached hydrogen (secondary N) is 2. The summed E-state index contributed by atoms with van der Waals surface area (Å²) in [6, 6.07) is 9.70. The first-order valence-electron chi connectivity index (χ1n) is 8.01. The van der Waals surface area contributed by atoms with Gasteiger partial charge in [-0.3, -0.25) is 14.9 Å². The average molecular weight is 333 g/mol. The Labute approximate surface area is 140 Å². The van der Waals surface area contributed by atoms with Gasteiger partial charge in [0.25, 0.3) is 5.91 Å². The van der Waals surface area contributed by atoms with E-state index >= 15 is 0 Å². The Bertz CT molecular complexity index is 614. The molecule has 1 aliphatic heterocycles. The lowest BCUT2D eigenvalue weighted by molar-refractivity contribution is -0.137. The lowest BCUT2D eigenvalue weighted by atomic mass is 9.88. The van der Waals surface area contributed by atoms with Gasteiger partial charge in [-0.15, -0.1) is 0 Å². The number of rotatable bonds is 5. The maximum absolute atomic E-state index is 11.6. The van der Waals surface area contributed by atoms with Crippen molar-refractivity contribution in [1.82, 2.24) is 10.6 Å². The number of amides is 3. The first-order chi connectivity index (χ1) is 11.3. The molecule has 0 bridgehead atoms. The van der Waals surface area contributed by atoms with Gasteiger partial charge in [0.05, 0.1) is 0 Å². The first kappa shape index (κ1) is 17.9. The van der Waals surface area contributed by atoms with Crippen LogP contribution in [-0.2, 0) is 9.59 Å². The molecule has 7 nitrogen and oxygen atoms in total. The van der Waals surface area contributed by atoms with Crippen molar-refractivity contribution >= 4 is 17.9 Å². The molecule has 0 aromatic heterocycles. The molecule has 2 aliphatic rings. The number of urea groups is 1. The molecule has 1 unspecified atom stereocenters. The summed E-state index contributed by atoms with van der Waals surface area (Å²) in [7, 11) is 0. The Morgan fingerprint density at radius 1 is 1.33 bits per heavy atom. The number of hydrogen-bond acceptors (Lipinski definition) is 4. The summed E-state index contributed by atoms with van der Waals surface area (Å²) in [5.41, 5.74) is 5.84. The first-order valence-corrected chi connectivity index (χ1v) is 8.01. The summed E-state index contributed by atoms with van der Waals surface area (Å²) in [6.45, 7) is 1.98. The third-order valence-electron chi connectivity index (χ3n) is 4.30. The number of benzene rings is 1. The highest BCUT2D eigenvalue weighted by molar-refractivity contribution is 6.07. The van der Waals surface area contributed by atoms with Crippen molar-refractivity contribution in [2.45, 2.75) is 44.2 Å². The van der Waals surface area contributed by atoms with Crippen LogP contribution in [0.25, 0.3) is 0 Å². The Morgan fingerprint density at radius 3 is 2.33 bits per heavy atom. The molecule has 1 aliphatic carbocycles. The topological polar surface area (TPSA) is 122 Å². The molecule has 2 atom stereocenters. The van der Waals surface area contributed by atoms with E-state index in [1.54, 1.807) is 0 Å². The van der Waals surface area contributed by atoms with Gasteiger partial charge in [0, 0.05) is 12.5 Å². The minimum absolute atomic E-state index is 0.100. The van der Waals surface area contributed by atoms with Crippen LogP contribution in [0.2, 0.25) is 0 Å². The summed E-state index contributed by atoms with van der Waals surface area (Å²) in [5.74, 6) is -1.23. The highest BCUT2D eigenvalue weighted by atomic mass is 16.4. The second-order valence-corrected chi connectivity index (χ2v) is 6.25. The van der Waals surface area contributed by atoms with Crippen molar-refractivity contribution in [2.75, 3.05) is 0 Å². The third kappa shape index (κ3) is 4.32. The number of carboxylic acid groups (broad SMARTS) is 1. The highest BCUT2D eigenvalue weighted by Gasteiger charge is 2.55. The zero-order valence-corrected chi connectivity index (χ0v) is 13.6. The Balaban J connectivity index is 0.000000198. The Hall–Kier alpha value is -2.41. The van der Waals surface area contributed by atoms with Gasteiger partial charge in [0.1, 0.15) is 5.54 Å². The zero-order chi connectivity index (χ0) is 17.7. The molecule has 1 heterocycles. The van der Waals surface area contributed by atoms with Crippen molar-refractivity contribution in [2.24, 2.45) is 11.7 Å². The molecule has 1 aromatic rings. The van der Waals surface area contributed by atoms with Crippen LogP contribution < -0.4 is 16.4 Å². The van der Waals surface area contributed by atoms with Crippen LogP contribution in [0.1, 0.15) is 44.2 Å². The Morgan fingerprint density at radius 2 is 1.96 bits per heavy atom. The van der Waals surface area contributed by atoms with Crippen molar-refractivity contribution in [3.05, 3.63) is 35.9 Å². The number of nitrogens with two attached hydrogens (primary N) is 1. The van der Waals surface area contributed by atoms with E-state index < -0.39 is 17.5 Å². The number of carbonyl (C=O) groups excluding carboxylic acids is 2. The third-order valence-corrected chi connectivity index (χ3v) is 4.30. The standard InChI is InChI=1S/C9H12N2O4.C8H11N/c12-6(13)3-4-9(5-1-2-5)7(14)10-8(15)11-9;1-7(9)8-5-3-2-4-6-8/h5H,1-4H2,(H,12,13)(H2,10,11,14,15);2-7H,9H2,1H3/t;7-/m.1/s1. The fourth-order valence-electron chi connectivity index (χ4n) is 2.81. The fraction of sp³-hybridized carbons (Fsp3) is 0.471. The molecule has 130 valence electrons. The SMILES string of the molecule is C[C@@H](N)c1ccccc1.O=C(O)CCC1(C2CC2)NC(=O)NC1=O. The van der Waals surface area contributed by atoms with Crippen LogP contribution in [0.15, 0.2) is 30.3 Å². The molecule has 0 spiro atoms. The molecular weight excluding hydrogens is 310 g/mol. The number of hydrogen-bond donors (Lipinski definition) is 4. The van der Waals surface area contributed by atoms with Gasteiger partial charge in [-0.1, -0.05) is 30.3 Å². The highest BCUT2D eigenvalue weighted by Crippen LogP contribution is 2.43. The summed E-state index contributed by atoms with van der Waals surface area (Å²) >= 11 is 0. The largest absolute Gasteiger partial charge is 0.481 e. The van der Waals surface area contributed by atoms with Crippen LogP contribution in [-0.4, -0.2) is 28.6 Å². The van der Waals surface area contributed by atoms with Gasteiger partial charge in [-0.25, -0.2) is 4.79 Å². The van der Waals surface area contributed by atoms with E-state index in [0.29, 0.717) is 0 Å². The van der Waals surface area contributed by atoms with Gasteiger partial charge in [0.15, 0.2) is 0 Å². The molecule has 1 aromatic carbocycles. The zero-order valence-electron chi connectivity index (χ0n) is 13.6. The van der Waals surface area contributed by atoms with Crippen molar-refractivity contribution in [1.29, 1.82) is 0 Å². The number of imide groups is 1. The molecule has 3 amide bonds. The predicted molar refractivity (Wildman–Crippen MR) is 88.0 cm³/mol. The van der Waals surface area contributed by atoms with Crippen molar-refractivity contribution in [3.63, 3.8) is 0 Å². The molecule has 0 radical (unpaired) electrons. The molecule has 24 heavy (non-hydrogen) atoms. The number of carbonyl (C=O) groups is 3. The summed E-state index contributed by atoms with van der Waals surface area (Å²) < 4.78 is 0. The molecular formula is C17H23N3O4. The van der Waals surface area contributed by atoms with E-state index in [1.807, 2.05) is 37.3 Å². The molecule has 2 fully saturated rings. The van der Waals surface area contributed by atoms with E-state index in [9.17, 15) is 14.4 Å². The van der Waals surface area contributed by atoms with E-state index in [0.717, 1.165) is 12.8 Å². The minimum atomic E-state index is -0.963. The number of aliphatic carboxylic acids is 1. The average Bonchev–Trinajstić information content (AvgIpc) is 3.34. The van der Waals surface area contributed by atoms with Gasteiger partial charge in [0.2, 0.25) is 0 Å². The van der Waals surface area contributed by atoms with E-state index in [-0.39, 0.29) is 30.7 Å². The van der Waals surface area contributed by atoms with Crippen molar-refractivity contribution in [3.8, 4) is 0 Å². The molecule has 7 heteroatoms. The second kappa shape index (κ2) is 7.44. The van der Waals surface area contributed by atoms with Gasteiger partial charge in [-0.2, -0.15) is 0 Å². The molecule has 3 rings (SSSR count). The molecule has 1 saturated heterocycles. The van der Waals surface area contributed by atoms with Crippen molar-refractivity contribution < 1.29 is 19.5 Å². The van der Waals surface area contributed by atoms with E-state index in [2.05, 4.69) is 10.6 Å². The smallest absolute Gasteiger partial charge is 0.322 e. The van der Waals surface area contributed by atoms with E-state index in [1.165, 1.54) is 5.56 Å². The fourth-order valence-corrected chi connectivity index (χ4v) is 2.81. The van der Waals surface area contributed by atoms with Crippen LogP contribution in [0.3, 0.4) is 0 Å². The molecule has 1 saturated carbocycles. The van der Waals surface area contributed by atoms with Gasteiger partial charge in [-0.05, 0) is 37.7 Å². The van der Waals surface area contributed by atoms with Gasteiger partial charge < -0.3 is 16.2 Å². The summed E-state index contributed by atoms with van der Waals surface area (Å²) in [4.78, 5) is 33.2. The summed E-state index contributed by atoms with van der Waals surface area (Å²) in [5, 5.41) is 13.3. The van der Waals surface area contributed by atoms with Crippen LogP contribution in [0, 0.1) is 5.92 Å². The monoisotopic (exact) mass is 333 g/mol. The number of carboxylic acids is 1. The maximum atomic E-state index is 11.6. The lowest BCUT2D eigenvalue weighted by Crippen LogP contribution is -2.49. The Kier molecular flexibility index (Phi) is 5.56. The van der Waals surface area contributed by atoms with Crippen LogP contribution in [0.5, 0.6) is 0 Å². The second-order valence-electron chi connectivity index (χ2n) is 6.25. The van der Waals surface area contributed by atoms with Crippen LogP contribution >= 0.6 is 0 Å². The van der Waals surface area contributed by atoms with Crippen LogP contribution in [0.4, 0.5) is 4.79 Å². The quantitative estimate of drug-likeness (QED) is 0.609. The maximum Gasteiger partial charge on any atom is 0.322 e. The lowest BCUT2D eigenvalue weighted by Gasteiger charge is -2.24. The summed E-state index contributed by atoms with van der Waals surface area (Å²) in [6.07, 6.45) is 1.80. The molecule has 5 N–H and O–H groups in total. The van der Waals surface area contributed by atoms with E-state index in [4.69, 9.17) is 10.8 Å². The predicted octanol–water partition coefficient (Wildman–Crippen LogP) is 1.55.